The fourth-order valence-corrected chi connectivity index (χ4v) is 2.06. The highest BCUT2D eigenvalue weighted by molar-refractivity contribution is 5.41. The third-order valence-corrected chi connectivity index (χ3v) is 2.59. The Kier molecular flexibility index (Phi) is 3.48. The Bertz CT molecular complexity index is 316. The summed E-state index contributed by atoms with van der Waals surface area (Å²) in [6.07, 6.45) is 1.81. The van der Waals surface area contributed by atoms with Gasteiger partial charge in [0.05, 0.1) is 6.61 Å². The zero-order valence-electron chi connectivity index (χ0n) is 9.17. The SMILES string of the molecule is C=CC(CO)c1c(C)cc(C)cc1C. The Morgan fingerprint density at radius 3 is 2.14 bits per heavy atom. The van der Waals surface area contributed by atoms with Gasteiger partial charge in [-0.05, 0) is 37.5 Å². The van der Waals surface area contributed by atoms with Crippen LogP contribution in [0.4, 0.5) is 0 Å². The maximum atomic E-state index is 9.23. The van der Waals surface area contributed by atoms with Crippen LogP contribution in [-0.2, 0) is 0 Å². The predicted molar refractivity (Wildman–Crippen MR) is 60.7 cm³/mol. The first-order valence-corrected chi connectivity index (χ1v) is 4.91. The molecule has 1 rings (SSSR count). The highest BCUT2D eigenvalue weighted by Crippen LogP contribution is 2.25. The highest BCUT2D eigenvalue weighted by atomic mass is 16.3. The van der Waals surface area contributed by atoms with Crippen molar-refractivity contribution in [3.8, 4) is 0 Å². The molecule has 76 valence electrons. The second-order valence-corrected chi connectivity index (χ2v) is 3.84. The largest absolute Gasteiger partial charge is 0.395 e. The third-order valence-electron chi connectivity index (χ3n) is 2.59. The van der Waals surface area contributed by atoms with Crippen LogP contribution >= 0.6 is 0 Å². The Morgan fingerprint density at radius 1 is 1.29 bits per heavy atom. The average Bonchev–Trinajstić information content (AvgIpc) is 2.10. The van der Waals surface area contributed by atoms with Crippen LogP contribution in [-0.4, -0.2) is 11.7 Å². The van der Waals surface area contributed by atoms with Gasteiger partial charge in [-0.25, -0.2) is 0 Å². The van der Waals surface area contributed by atoms with E-state index in [1.54, 1.807) is 0 Å². The molecule has 0 aliphatic carbocycles. The minimum Gasteiger partial charge on any atom is -0.395 e. The molecule has 0 saturated heterocycles. The van der Waals surface area contributed by atoms with Gasteiger partial charge < -0.3 is 5.11 Å². The Hall–Kier alpha value is -1.08. The maximum absolute atomic E-state index is 9.23. The second kappa shape index (κ2) is 4.43. The van der Waals surface area contributed by atoms with Crippen molar-refractivity contribution in [1.29, 1.82) is 0 Å². The predicted octanol–water partition coefficient (Wildman–Crippen LogP) is 2.87. The van der Waals surface area contributed by atoms with Crippen LogP contribution in [0.25, 0.3) is 0 Å². The summed E-state index contributed by atoms with van der Waals surface area (Å²) < 4.78 is 0. The Morgan fingerprint density at radius 2 is 1.79 bits per heavy atom. The third kappa shape index (κ3) is 2.05. The number of rotatable bonds is 3. The molecule has 0 aliphatic rings. The Balaban J connectivity index is 3.25. The molecule has 0 heterocycles. The van der Waals surface area contributed by atoms with Crippen LogP contribution in [0.2, 0.25) is 0 Å². The van der Waals surface area contributed by atoms with E-state index >= 15 is 0 Å². The quantitative estimate of drug-likeness (QED) is 0.727. The van der Waals surface area contributed by atoms with Gasteiger partial charge in [-0.1, -0.05) is 23.8 Å². The van der Waals surface area contributed by atoms with Crippen molar-refractivity contribution in [2.45, 2.75) is 26.7 Å². The van der Waals surface area contributed by atoms with E-state index in [1.807, 2.05) is 6.08 Å². The molecular formula is C13H18O. The van der Waals surface area contributed by atoms with Crippen molar-refractivity contribution < 1.29 is 5.11 Å². The molecule has 1 heteroatoms. The summed E-state index contributed by atoms with van der Waals surface area (Å²) in [4.78, 5) is 0. The zero-order valence-corrected chi connectivity index (χ0v) is 9.17. The van der Waals surface area contributed by atoms with Gasteiger partial charge in [-0.15, -0.1) is 6.58 Å². The van der Waals surface area contributed by atoms with Gasteiger partial charge in [0.15, 0.2) is 0 Å². The van der Waals surface area contributed by atoms with Crippen LogP contribution in [0, 0.1) is 20.8 Å². The van der Waals surface area contributed by atoms with Gasteiger partial charge in [0.2, 0.25) is 0 Å². The fraction of sp³-hybridized carbons (Fsp3) is 0.385. The van der Waals surface area contributed by atoms with Gasteiger partial charge in [0, 0.05) is 5.92 Å². The van der Waals surface area contributed by atoms with Crippen molar-refractivity contribution in [3.05, 3.63) is 47.0 Å². The average molecular weight is 190 g/mol. The molecule has 14 heavy (non-hydrogen) atoms. The number of aliphatic hydroxyl groups is 1. The van der Waals surface area contributed by atoms with E-state index in [2.05, 4.69) is 39.5 Å². The lowest BCUT2D eigenvalue weighted by molar-refractivity contribution is 0.283. The minimum absolute atomic E-state index is 0.0654. The molecule has 1 aromatic rings. The summed E-state index contributed by atoms with van der Waals surface area (Å²) in [6.45, 7) is 10.1. The van der Waals surface area contributed by atoms with Crippen molar-refractivity contribution >= 4 is 0 Å². The lowest BCUT2D eigenvalue weighted by atomic mass is 9.90. The van der Waals surface area contributed by atoms with E-state index < -0.39 is 0 Å². The van der Waals surface area contributed by atoms with Gasteiger partial charge >= 0.3 is 0 Å². The van der Waals surface area contributed by atoms with Gasteiger partial charge in [0.1, 0.15) is 0 Å². The first kappa shape index (κ1) is 11.0. The molecule has 0 aliphatic heterocycles. The number of benzene rings is 1. The second-order valence-electron chi connectivity index (χ2n) is 3.84. The molecule has 1 aromatic carbocycles. The van der Waals surface area contributed by atoms with Crippen molar-refractivity contribution in [2.75, 3.05) is 6.61 Å². The van der Waals surface area contributed by atoms with Crippen LogP contribution in [0.5, 0.6) is 0 Å². The molecule has 1 unspecified atom stereocenters. The number of hydrogen-bond donors (Lipinski definition) is 1. The monoisotopic (exact) mass is 190 g/mol. The molecule has 0 radical (unpaired) electrons. The number of hydrogen-bond acceptors (Lipinski definition) is 1. The van der Waals surface area contributed by atoms with Crippen LogP contribution in [0.3, 0.4) is 0 Å². The van der Waals surface area contributed by atoms with E-state index in [-0.39, 0.29) is 12.5 Å². The molecule has 1 atom stereocenters. The van der Waals surface area contributed by atoms with Crippen LogP contribution in [0.1, 0.15) is 28.2 Å². The smallest absolute Gasteiger partial charge is 0.0534 e. The van der Waals surface area contributed by atoms with E-state index in [0.717, 1.165) is 0 Å². The first-order chi connectivity index (χ1) is 6.60. The Labute approximate surface area is 86.1 Å². The number of aryl methyl sites for hydroxylation is 3. The molecule has 0 bridgehead atoms. The highest BCUT2D eigenvalue weighted by Gasteiger charge is 2.12. The maximum Gasteiger partial charge on any atom is 0.0534 e. The van der Waals surface area contributed by atoms with Gasteiger partial charge in [-0.3, -0.25) is 0 Å². The lowest BCUT2D eigenvalue weighted by Gasteiger charge is -2.16. The summed E-state index contributed by atoms with van der Waals surface area (Å²) in [7, 11) is 0. The van der Waals surface area contributed by atoms with E-state index in [4.69, 9.17) is 0 Å². The summed E-state index contributed by atoms with van der Waals surface area (Å²) in [6, 6.07) is 4.29. The molecule has 0 amide bonds. The standard InChI is InChI=1S/C13H18O/c1-5-12(8-14)13-10(3)6-9(2)7-11(13)4/h5-7,12,14H,1,8H2,2-4H3. The fourth-order valence-electron chi connectivity index (χ4n) is 2.06. The topological polar surface area (TPSA) is 20.2 Å². The van der Waals surface area contributed by atoms with E-state index in [1.165, 1.54) is 22.3 Å². The zero-order chi connectivity index (χ0) is 10.7. The minimum atomic E-state index is 0.0654. The summed E-state index contributed by atoms with van der Waals surface area (Å²) in [5.74, 6) is 0.0654. The normalized spacial score (nSPS) is 12.6. The van der Waals surface area contributed by atoms with Crippen molar-refractivity contribution in [2.24, 2.45) is 0 Å². The van der Waals surface area contributed by atoms with Crippen molar-refractivity contribution in [3.63, 3.8) is 0 Å². The molecule has 0 spiro atoms. The molecule has 0 fully saturated rings. The molecule has 1 nitrogen and oxygen atoms in total. The van der Waals surface area contributed by atoms with Crippen molar-refractivity contribution in [1.82, 2.24) is 0 Å². The molecule has 1 N–H and O–H groups in total. The molecule has 0 saturated carbocycles. The van der Waals surface area contributed by atoms with Gasteiger partial charge in [0.25, 0.3) is 0 Å². The van der Waals surface area contributed by atoms with E-state index in [9.17, 15) is 5.11 Å². The summed E-state index contributed by atoms with van der Waals surface area (Å²) in [5.41, 5.74) is 4.96. The van der Waals surface area contributed by atoms with Crippen LogP contribution < -0.4 is 0 Å². The molecular weight excluding hydrogens is 172 g/mol. The van der Waals surface area contributed by atoms with Gasteiger partial charge in [-0.2, -0.15) is 0 Å². The summed E-state index contributed by atoms with van der Waals surface area (Å²) in [5, 5.41) is 9.23. The van der Waals surface area contributed by atoms with Crippen LogP contribution in [0.15, 0.2) is 24.8 Å². The lowest BCUT2D eigenvalue weighted by Crippen LogP contribution is -2.05. The number of aliphatic hydroxyl groups excluding tert-OH is 1. The summed E-state index contributed by atoms with van der Waals surface area (Å²) >= 11 is 0. The first-order valence-electron chi connectivity index (χ1n) is 4.91. The van der Waals surface area contributed by atoms with E-state index in [0.29, 0.717) is 0 Å². The molecule has 0 aromatic heterocycles.